The van der Waals surface area contributed by atoms with Crippen molar-refractivity contribution in [3.8, 4) is 11.5 Å². The lowest BCUT2D eigenvalue weighted by atomic mass is 10.2. The normalized spacial score (nSPS) is 10.9. The van der Waals surface area contributed by atoms with Gasteiger partial charge in [-0.25, -0.2) is 5.43 Å². The van der Waals surface area contributed by atoms with Gasteiger partial charge in [-0.15, -0.1) is 0 Å². The molecule has 0 atom stereocenters. The number of ether oxygens (including phenoxy) is 2. The molecule has 0 spiro atoms. The van der Waals surface area contributed by atoms with Crippen LogP contribution in [0.25, 0.3) is 0 Å². The highest BCUT2D eigenvalue weighted by molar-refractivity contribution is 5.95. The lowest BCUT2D eigenvalue weighted by Gasteiger charge is -2.20. The maximum absolute atomic E-state index is 12.3. The average molecular weight is 383 g/mol. The van der Waals surface area contributed by atoms with E-state index >= 15 is 0 Å². The van der Waals surface area contributed by atoms with Crippen molar-refractivity contribution >= 4 is 17.8 Å². The van der Waals surface area contributed by atoms with Crippen LogP contribution in [0.2, 0.25) is 0 Å². The molecule has 0 heterocycles. The molecular formula is C22H29N3O3. The molecule has 6 heteroatoms. The van der Waals surface area contributed by atoms with Crippen molar-refractivity contribution in [2.75, 3.05) is 25.1 Å². The molecule has 0 radical (unpaired) electrons. The summed E-state index contributed by atoms with van der Waals surface area (Å²) in [6.45, 7) is 10.1. The second kappa shape index (κ2) is 10.3. The first-order valence-corrected chi connectivity index (χ1v) is 9.51. The molecule has 6 nitrogen and oxygen atoms in total. The first-order chi connectivity index (χ1) is 13.5. The SMILES string of the molecule is CCN(CC)c1ccc(/C=N\NC(=O)c2ccc(OC(C)C)c(OC)c2)cc1. The lowest BCUT2D eigenvalue weighted by Crippen LogP contribution is -2.21. The van der Waals surface area contributed by atoms with Gasteiger partial charge in [0, 0.05) is 24.3 Å². The van der Waals surface area contributed by atoms with Gasteiger partial charge in [0.2, 0.25) is 0 Å². The maximum atomic E-state index is 12.3. The van der Waals surface area contributed by atoms with Crippen LogP contribution in [0.15, 0.2) is 47.6 Å². The van der Waals surface area contributed by atoms with Gasteiger partial charge in [0.1, 0.15) is 0 Å². The average Bonchev–Trinajstić information content (AvgIpc) is 2.69. The van der Waals surface area contributed by atoms with Crippen molar-refractivity contribution in [3.05, 3.63) is 53.6 Å². The van der Waals surface area contributed by atoms with E-state index in [4.69, 9.17) is 9.47 Å². The maximum Gasteiger partial charge on any atom is 0.271 e. The largest absolute Gasteiger partial charge is 0.493 e. The number of rotatable bonds is 9. The minimum atomic E-state index is -0.314. The molecule has 2 aromatic rings. The Hall–Kier alpha value is -3.02. The van der Waals surface area contributed by atoms with Gasteiger partial charge in [0.25, 0.3) is 5.91 Å². The second-order valence-corrected chi connectivity index (χ2v) is 6.50. The highest BCUT2D eigenvalue weighted by Crippen LogP contribution is 2.28. The fraction of sp³-hybridized carbons (Fsp3) is 0.364. The number of carbonyl (C=O) groups is 1. The third-order valence-electron chi connectivity index (χ3n) is 4.19. The highest BCUT2D eigenvalue weighted by Gasteiger charge is 2.11. The van der Waals surface area contributed by atoms with E-state index in [0.29, 0.717) is 17.1 Å². The third kappa shape index (κ3) is 5.74. The second-order valence-electron chi connectivity index (χ2n) is 6.50. The van der Waals surface area contributed by atoms with Crippen LogP contribution in [0.5, 0.6) is 11.5 Å². The Morgan fingerprint density at radius 1 is 1.11 bits per heavy atom. The lowest BCUT2D eigenvalue weighted by molar-refractivity contribution is 0.0954. The van der Waals surface area contributed by atoms with E-state index in [1.807, 2.05) is 26.0 Å². The summed E-state index contributed by atoms with van der Waals surface area (Å²) in [5, 5.41) is 4.05. The van der Waals surface area contributed by atoms with Crippen LogP contribution in [0.3, 0.4) is 0 Å². The minimum absolute atomic E-state index is 0.0197. The molecule has 0 saturated heterocycles. The minimum Gasteiger partial charge on any atom is -0.493 e. The number of hydrogen-bond acceptors (Lipinski definition) is 5. The molecule has 28 heavy (non-hydrogen) atoms. The molecule has 0 bridgehead atoms. The fourth-order valence-corrected chi connectivity index (χ4v) is 2.75. The molecule has 0 unspecified atom stereocenters. The number of hydrazone groups is 1. The summed E-state index contributed by atoms with van der Waals surface area (Å²) in [5.41, 5.74) is 5.07. The van der Waals surface area contributed by atoms with Crippen LogP contribution in [0, 0.1) is 0 Å². The highest BCUT2D eigenvalue weighted by atomic mass is 16.5. The van der Waals surface area contributed by atoms with E-state index in [0.717, 1.165) is 18.7 Å². The van der Waals surface area contributed by atoms with Crippen LogP contribution < -0.4 is 19.8 Å². The van der Waals surface area contributed by atoms with Crippen LogP contribution >= 0.6 is 0 Å². The van der Waals surface area contributed by atoms with E-state index in [9.17, 15) is 4.79 Å². The number of nitrogens with one attached hydrogen (secondary N) is 1. The molecule has 2 aromatic carbocycles. The van der Waals surface area contributed by atoms with Crippen molar-refractivity contribution in [3.63, 3.8) is 0 Å². The van der Waals surface area contributed by atoms with Crippen LogP contribution in [-0.2, 0) is 0 Å². The molecule has 2 rings (SSSR count). The molecule has 0 aliphatic carbocycles. The van der Waals surface area contributed by atoms with Gasteiger partial charge in [-0.1, -0.05) is 12.1 Å². The zero-order valence-electron chi connectivity index (χ0n) is 17.2. The van der Waals surface area contributed by atoms with Gasteiger partial charge in [0.15, 0.2) is 11.5 Å². The van der Waals surface area contributed by atoms with Crippen LogP contribution in [-0.4, -0.2) is 38.4 Å². The molecule has 0 aliphatic heterocycles. The van der Waals surface area contributed by atoms with Gasteiger partial charge in [-0.2, -0.15) is 5.10 Å². The van der Waals surface area contributed by atoms with Crippen molar-refractivity contribution < 1.29 is 14.3 Å². The van der Waals surface area contributed by atoms with E-state index in [2.05, 4.69) is 41.4 Å². The first kappa shape index (κ1) is 21.3. The number of nitrogens with zero attached hydrogens (tertiary/aromatic N) is 2. The monoisotopic (exact) mass is 383 g/mol. The molecular weight excluding hydrogens is 354 g/mol. The van der Waals surface area contributed by atoms with Gasteiger partial charge in [0.05, 0.1) is 19.4 Å². The summed E-state index contributed by atoms with van der Waals surface area (Å²) in [6, 6.07) is 13.1. The number of carbonyl (C=O) groups excluding carboxylic acids is 1. The summed E-state index contributed by atoms with van der Waals surface area (Å²) >= 11 is 0. The van der Waals surface area contributed by atoms with Crippen molar-refractivity contribution in [2.45, 2.75) is 33.8 Å². The predicted octanol–water partition coefficient (Wildman–Crippen LogP) is 4.09. The Bertz CT molecular complexity index is 797. The quantitative estimate of drug-likeness (QED) is 0.523. The van der Waals surface area contributed by atoms with Gasteiger partial charge in [-0.3, -0.25) is 4.79 Å². The number of amides is 1. The van der Waals surface area contributed by atoms with Gasteiger partial charge in [-0.05, 0) is 63.6 Å². The van der Waals surface area contributed by atoms with Crippen LogP contribution in [0.1, 0.15) is 43.6 Å². The molecule has 0 fully saturated rings. The van der Waals surface area contributed by atoms with E-state index in [1.165, 1.54) is 5.69 Å². The Morgan fingerprint density at radius 3 is 2.36 bits per heavy atom. The standard InChI is InChI=1S/C22H29N3O3/c1-6-25(7-2)19-11-8-17(9-12-19)15-23-24-22(26)18-10-13-20(28-16(3)4)21(14-18)27-5/h8-16H,6-7H2,1-5H3,(H,24,26)/b23-15-. The molecule has 1 N–H and O–H groups in total. The van der Waals surface area contributed by atoms with Crippen molar-refractivity contribution in [2.24, 2.45) is 5.10 Å². The Balaban J connectivity index is 2.01. The molecule has 0 saturated carbocycles. The number of hydrogen-bond donors (Lipinski definition) is 1. The van der Waals surface area contributed by atoms with E-state index in [-0.39, 0.29) is 12.0 Å². The summed E-state index contributed by atoms with van der Waals surface area (Å²) in [5.74, 6) is 0.800. The third-order valence-corrected chi connectivity index (χ3v) is 4.19. The van der Waals surface area contributed by atoms with Gasteiger partial charge < -0.3 is 14.4 Å². The van der Waals surface area contributed by atoms with Crippen molar-refractivity contribution in [1.82, 2.24) is 5.43 Å². The zero-order chi connectivity index (χ0) is 20.5. The van der Waals surface area contributed by atoms with Crippen molar-refractivity contribution in [1.29, 1.82) is 0 Å². The van der Waals surface area contributed by atoms with E-state index < -0.39 is 0 Å². The molecule has 1 amide bonds. The summed E-state index contributed by atoms with van der Waals surface area (Å²) in [6.07, 6.45) is 1.64. The smallest absolute Gasteiger partial charge is 0.271 e. The molecule has 0 aromatic heterocycles. The topological polar surface area (TPSA) is 63.2 Å². The van der Waals surface area contributed by atoms with Gasteiger partial charge >= 0.3 is 0 Å². The predicted molar refractivity (Wildman–Crippen MR) is 114 cm³/mol. The number of benzene rings is 2. The Labute approximate surface area is 167 Å². The summed E-state index contributed by atoms with van der Waals surface area (Å²) in [7, 11) is 1.55. The number of methoxy groups -OCH3 is 1. The van der Waals surface area contributed by atoms with Crippen LogP contribution in [0.4, 0.5) is 5.69 Å². The number of anilines is 1. The Morgan fingerprint density at radius 2 is 1.79 bits per heavy atom. The van der Waals surface area contributed by atoms with E-state index in [1.54, 1.807) is 31.5 Å². The Kier molecular flexibility index (Phi) is 7.87. The summed E-state index contributed by atoms with van der Waals surface area (Å²) in [4.78, 5) is 14.6. The molecule has 150 valence electrons. The fourth-order valence-electron chi connectivity index (χ4n) is 2.75. The molecule has 0 aliphatic rings. The zero-order valence-corrected chi connectivity index (χ0v) is 17.2. The summed E-state index contributed by atoms with van der Waals surface area (Å²) < 4.78 is 11.0. The first-order valence-electron chi connectivity index (χ1n) is 9.51.